The quantitative estimate of drug-likeness (QED) is 0.786. The molecule has 0 aliphatic carbocycles. The van der Waals surface area contributed by atoms with Gasteiger partial charge in [0.05, 0.1) is 12.4 Å². The number of carbonyl (C=O) groups is 2. The van der Waals surface area contributed by atoms with Gasteiger partial charge in [0.15, 0.2) is 0 Å². The maximum Gasteiger partial charge on any atom is 0.409 e. The van der Waals surface area contributed by atoms with E-state index < -0.39 is 0 Å². The van der Waals surface area contributed by atoms with Crippen LogP contribution < -0.4 is 0 Å². The fourth-order valence-electron chi connectivity index (χ4n) is 3.00. The second-order valence-electron chi connectivity index (χ2n) is 5.98. The molecule has 0 spiro atoms. The largest absolute Gasteiger partial charge is 0.450 e. The van der Waals surface area contributed by atoms with Crippen LogP contribution in [-0.4, -0.2) is 64.9 Å². The topological polar surface area (TPSA) is 54.8 Å². The molecule has 1 aromatic carbocycles. The number of benzene rings is 1. The first kappa shape index (κ1) is 17.7. The normalized spacial score (nSPS) is 14.8. The van der Waals surface area contributed by atoms with Crippen LogP contribution in [0.5, 0.6) is 0 Å². The van der Waals surface area contributed by atoms with E-state index in [-0.39, 0.29) is 12.0 Å². The van der Waals surface area contributed by atoms with E-state index in [1.807, 2.05) is 24.1 Å². The van der Waals surface area contributed by atoms with Gasteiger partial charge >= 0.3 is 6.09 Å². The number of aromatic nitrogens is 1. The summed E-state index contributed by atoms with van der Waals surface area (Å²) < 4.78 is 7.09. The number of carbonyl (C=O) groups excluding carboxylic acids is 2. The lowest BCUT2D eigenvalue weighted by molar-refractivity contribution is -0.129. The second kappa shape index (κ2) is 7.82. The van der Waals surface area contributed by atoms with Gasteiger partial charge in [0.2, 0.25) is 5.91 Å². The monoisotopic (exact) mass is 361 g/mol. The summed E-state index contributed by atoms with van der Waals surface area (Å²) in [5, 5.41) is 1.18. The Kier molecular flexibility index (Phi) is 5.53. The molecular weight excluding hydrogens is 338 g/mol. The summed E-state index contributed by atoms with van der Waals surface area (Å²) in [4.78, 5) is 28.8. The summed E-state index contributed by atoms with van der Waals surface area (Å²) >= 11 is 1.57. The predicted molar refractivity (Wildman–Crippen MR) is 98.8 cm³/mol. The number of fused-ring (bicyclic) bond motifs is 1. The minimum absolute atomic E-state index is 0.112. The zero-order chi connectivity index (χ0) is 17.8. The maximum atomic E-state index is 12.5. The average Bonchev–Trinajstić information content (AvgIpc) is 2.96. The van der Waals surface area contributed by atoms with Gasteiger partial charge in [-0.3, -0.25) is 4.79 Å². The van der Waals surface area contributed by atoms with Crippen molar-refractivity contribution in [1.82, 2.24) is 14.4 Å². The minimum Gasteiger partial charge on any atom is -0.450 e. The van der Waals surface area contributed by atoms with Crippen molar-refractivity contribution in [3.63, 3.8) is 0 Å². The average molecular weight is 361 g/mol. The van der Waals surface area contributed by atoms with Gasteiger partial charge in [0.25, 0.3) is 0 Å². The number of aryl methyl sites for hydroxylation is 1. The van der Waals surface area contributed by atoms with Crippen molar-refractivity contribution < 1.29 is 14.3 Å². The maximum absolute atomic E-state index is 12.5. The van der Waals surface area contributed by atoms with Gasteiger partial charge in [-0.15, -0.1) is 11.8 Å². The molecule has 0 N–H and O–H groups in total. The Hall–Kier alpha value is -2.15. The van der Waals surface area contributed by atoms with E-state index in [0.717, 1.165) is 4.90 Å². The number of thioether (sulfide) groups is 1. The molecule has 1 fully saturated rings. The lowest BCUT2D eigenvalue weighted by atomic mass is 10.2. The fraction of sp³-hybridized carbons (Fsp3) is 0.444. The highest BCUT2D eigenvalue weighted by molar-refractivity contribution is 8.00. The summed E-state index contributed by atoms with van der Waals surface area (Å²) in [5.41, 5.74) is 1.17. The summed E-state index contributed by atoms with van der Waals surface area (Å²) in [5.74, 6) is 0.523. The standard InChI is InChI=1S/C18H23N3O3S/c1-3-24-18(23)21-10-8-20(9-11-21)17(22)13-25-16-12-19(2)15-7-5-4-6-14(15)16/h4-7,12H,3,8-11,13H2,1-2H3. The van der Waals surface area contributed by atoms with Crippen molar-refractivity contribution in [2.24, 2.45) is 7.05 Å². The number of hydrogen-bond donors (Lipinski definition) is 0. The SMILES string of the molecule is CCOC(=O)N1CCN(C(=O)CSc2cn(C)c3ccccc23)CC1. The molecule has 1 saturated heterocycles. The van der Waals surface area contributed by atoms with E-state index in [4.69, 9.17) is 4.74 Å². The number of rotatable bonds is 4. The first-order chi connectivity index (χ1) is 12.1. The molecule has 2 amide bonds. The van der Waals surface area contributed by atoms with Crippen molar-refractivity contribution in [2.75, 3.05) is 38.5 Å². The summed E-state index contributed by atoms with van der Waals surface area (Å²) in [6.07, 6.45) is 1.78. The lowest BCUT2D eigenvalue weighted by Gasteiger charge is -2.34. The van der Waals surface area contributed by atoms with E-state index in [1.165, 1.54) is 10.9 Å². The molecule has 2 heterocycles. The van der Waals surface area contributed by atoms with E-state index in [0.29, 0.717) is 38.5 Å². The first-order valence-corrected chi connectivity index (χ1v) is 9.45. The van der Waals surface area contributed by atoms with E-state index >= 15 is 0 Å². The summed E-state index contributed by atoms with van der Waals surface area (Å²) in [6, 6.07) is 8.20. The third-order valence-electron chi connectivity index (χ3n) is 4.37. The van der Waals surface area contributed by atoms with Gasteiger partial charge in [-0.2, -0.15) is 0 Å². The van der Waals surface area contributed by atoms with Crippen molar-refractivity contribution >= 4 is 34.7 Å². The van der Waals surface area contributed by atoms with Crippen molar-refractivity contribution in [1.29, 1.82) is 0 Å². The second-order valence-corrected chi connectivity index (χ2v) is 6.99. The number of ether oxygens (including phenoxy) is 1. The van der Waals surface area contributed by atoms with Crippen LogP contribution >= 0.6 is 11.8 Å². The van der Waals surface area contributed by atoms with Crippen LogP contribution in [0.3, 0.4) is 0 Å². The highest BCUT2D eigenvalue weighted by Crippen LogP contribution is 2.29. The Morgan fingerprint density at radius 2 is 1.80 bits per heavy atom. The van der Waals surface area contributed by atoms with Gasteiger partial charge in [0.1, 0.15) is 0 Å². The number of piperazine rings is 1. The van der Waals surface area contributed by atoms with Crippen LogP contribution in [0.2, 0.25) is 0 Å². The third-order valence-corrected chi connectivity index (χ3v) is 5.40. The Labute approximate surface area is 151 Å². The smallest absolute Gasteiger partial charge is 0.409 e. The molecule has 1 aliphatic rings. The van der Waals surface area contributed by atoms with Crippen molar-refractivity contribution in [3.8, 4) is 0 Å². The van der Waals surface area contributed by atoms with Crippen LogP contribution in [0.1, 0.15) is 6.92 Å². The molecule has 1 aromatic heterocycles. The Morgan fingerprint density at radius 1 is 1.12 bits per heavy atom. The molecule has 6 nitrogen and oxygen atoms in total. The molecule has 25 heavy (non-hydrogen) atoms. The predicted octanol–water partition coefficient (Wildman–Crippen LogP) is 2.57. The molecule has 0 bridgehead atoms. The van der Waals surface area contributed by atoms with Crippen LogP contribution in [0.4, 0.5) is 4.79 Å². The molecule has 2 aromatic rings. The van der Waals surface area contributed by atoms with Crippen LogP contribution in [0.15, 0.2) is 35.4 Å². The van der Waals surface area contributed by atoms with Gasteiger partial charge in [-0.05, 0) is 13.0 Å². The van der Waals surface area contributed by atoms with E-state index in [1.54, 1.807) is 23.6 Å². The zero-order valence-electron chi connectivity index (χ0n) is 14.6. The molecule has 7 heteroatoms. The number of hydrogen-bond acceptors (Lipinski definition) is 4. The number of amides is 2. The summed E-state index contributed by atoms with van der Waals surface area (Å²) in [7, 11) is 2.02. The van der Waals surface area contributed by atoms with Gasteiger partial charge < -0.3 is 19.1 Å². The number of nitrogens with zero attached hydrogens (tertiary/aromatic N) is 3. The third kappa shape index (κ3) is 3.92. The van der Waals surface area contributed by atoms with Crippen LogP contribution in [0.25, 0.3) is 10.9 Å². The van der Waals surface area contributed by atoms with Gasteiger partial charge in [-0.25, -0.2) is 4.79 Å². The van der Waals surface area contributed by atoms with E-state index in [2.05, 4.69) is 22.9 Å². The molecule has 134 valence electrons. The minimum atomic E-state index is -0.292. The lowest BCUT2D eigenvalue weighted by Crippen LogP contribution is -2.51. The Bertz CT molecular complexity index is 766. The van der Waals surface area contributed by atoms with Crippen LogP contribution in [-0.2, 0) is 16.6 Å². The molecule has 0 radical (unpaired) electrons. The molecule has 0 atom stereocenters. The fourth-order valence-corrected chi connectivity index (χ4v) is 4.03. The van der Waals surface area contributed by atoms with Crippen LogP contribution in [0, 0.1) is 0 Å². The molecule has 0 saturated carbocycles. The Balaban J connectivity index is 1.54. The number of para-hydroxylation sites is 1. The Morgan fingerprint density at radius 3 is 2.52 bits per heavy atom. The first-order valence-electron chi connectivity index (χ1n) is 8.46. The summed E-state index contributed by atoms with van der Waals surface area (Å²) in [6.45, 7) is 4.36. The van der Waals surface area contributed by atoms with Gasteiger partial charge in [0, 0.05) is 55.2 Å². The van der Waals surface area contributed by atoms with E-state index in [9.17, 15) is 9.59 Å². The molecular formula is C18H23N3O3S. The molecule has 1 aliphatic heterocycles. The van der Waals surface area contributed by atoms with Gasteiger partial charge in [-0.1, -0.05) is 18.2 Å². The van der Waals surface area contributed by atoms with Crippen molar-refractivity contribution in [3.05, 3.63) is 30.5 Å². The molecule has 0 unspecified atom stereocenters. The highest BCUT2D eigenvalue weighted by atomic mass is 32.2. The molecule has 3 rings (SSSR count). The zero-order valence-corrected chi connectivity index (χ0v) is 15.4. The highest BCUT2D eigenvalue weighted by Gasteiger charge is 2.24. The van der Waals surface area contributed by atoms with Crippen molar-refractivity contribution in [2.45, 2.75) is 11.8 Å².